The summed E-state index contributed by atoms with van der Waals surface area (Å²) in [6, 6.07) is 0. The van der Waals surface area contributed by atoms with Crippen molar-refractivity contribution < 1.29 is 28.0 Å². The molecule has 3 atom stereocenters. The van der Waals surface area contributed by atoms with Gasteiger partial charge in [-0.05, 0) is 66.6 Å². The maximum absolute atomic E-state index is 13.9. The number of esters is 1. The molecule has 1 rings (SSSR count). The Morgan fingerprint density at radius 3 is 1.87 bits per heavy atom. The van der Waals surface area contributed by atoms with Crippen molar-refractivity contribution in [1.29, 1.82) is 0 Å². The summed E-state index contributed by atoms with van der Waals surface area (Å²) in [5, 5.41) is 0.0255. The van der Waals surface area contributed by atoms with E-state index in [1.54, 1.807) is 6.92 Å². The summed E-state index contributed by atoms with van der Waals surface area (Å²) in [5.41, 5.74) is -2.31. The van der Waals surface area contributed by atoms with E-state index >= 15 is 0 Å². The Balaban J connectivity index is 3.70. The predicted octanol–water partition coefficient (Wildman–Crippen LogP) is 6.04. The van der Waals surface area contributed by atoms with E-state index in [2.05, 4.69) is 33.9 Å². The molecule has 0 spiro atoms. The fraction of sp³-hybridized carbons (Fsp3) is 0.917. The lowest BCUT2D eigenvalue weighted by atomic mass is 9.85. The SMILES string of the molecule is CCOC(=O)[C@]1(CC)C[C@@H](O[Si](C)(C)C(C)(C)C)C[N+]1(C(=O)OC(C)(C)C)C(C)(C)C. The second-order valence-electron chi connectivity index (χ2n) is 12.5. The molecule has 1 amide bonds. The summed E-state index contributed by atoms with van der Waals surface area (Å²) in [6.45, 7) is 27.1. The minimum Gasteiger partial charge on any atom is -0.461 e. The van der Waals surface area contributed by atoms with E-state index in [1.165, 1.54) is 0 Å². The molecule has 0 saturated carbocycles. The first-order valence-electron chi connectivity index (χ1n) is 11.7. The van der Waals surface area contributed by atoms with Gasteiger partial charge < -0.3 is 13.9 Å². The van der Waals surface area contributed by atoms with Crippen molar-refractivity contribution in [2.75, 3.05) is 13.2 Å². The quantitative estimate of drug-likeness (QED) is 0.285. The van der Waals surface area contributed by atoms with Gasteiger partial charge in [0.25, 0.3) is 0 Å². The Kier molecular flexibility index (Phi) is 7.97. The zero-order chi connectivity index (χ0) is 24.7. The van der Waals surface area contributed by atoms with Gasteiger partial charge in [-0.2, -0.15) is 4.79 Å². The number of carbonyl (C=O) groups is 2. The first-order valence-corrected chi connectivity index (χ1v) is 14.6. The number of rotatable bonds is 5. The Morgan fingerprint density at radius 1 is 1.00 bits per heavy atom. The lowest BCUT2D eigenvalue weighted by Crippen LogP contribution is -2.75. The number of hydrogen-bond donors (Lipinski definition) is 0. The predicted molar refractivity (Wildman–Crippen MR) is 127 cm³/mol. The summed E-state index contributed by atoms with van der Waals surface area (Å²) < 4.78 is 18.2. The number of quaternary nitrogens is 1. The molecular weight excluding hydrogens is 410 g/mol. The molecule has 1 aliphatic heterocycles. The van der Waals surface area contributed by atoms with Gasteiger partial charge in [-0.25, -0.2) is 9.28 Å². The summed E-state index contributed by atoms with van der Waals surface area (Å²) in [5.74, 6) is -0.334. The van der Waals surface area contributed by atoms with Crippen LogP contribution >= 0.6 is 0 Å². The monoisotopic (exact) mass is 458 g/mol. The van der Waals surface area contributed by atoms with Gasteiger partial charge in [0.1, 0.15) is 23.8 Å². The molecule has 1 unspecified atom stereocenters. The van der Waals surface area contributed by atoms with Gasteiger partial charge in [0, 0.05) is 12.8 Å². The van der Waals surface area contributed by atoms with E-state index in [0.717, 1.165) is 0 Å². The van der Waals surface area contributed by atoms with Crippen molar-refractivity contribution in [1.82, 2.24) is 0 Å². The van der Waals surface area contributed by atoms with E-state index in [4.69, 9.17) is 13.9 Å². The number of ether oxygens (including phenoxy) is 2. The van der Waals surface area contributed by atoms with Crippen molar-refractivity contribution in [2.24, 2.45) is 0 Å². The van der Waals surface area contributed by atoms with Gasteiger partial charge in [-0.15, -0.1) is 0 Å². The Bertz CT molecular complexity index is 671. The molecule has 7 heteroatoms. The fourth-order valence-electron chi connectivity index (χ4n) is 4.59. The number of likely N-dealkylation sites (tertiary alicyclic amines) is 1. The number of amides is 1. The van der Waals surface area contributed by atoms with Crippen molar-refractivity contribution >= 4 is 20.4 Å². The summed E-state index contributed by atoms with van der Waals surface area (Å²) in [7, 11) is -2.12. The van der Waals surface area contributed by atoms with E-state index in [9.17, 15) is 9.59 Å². The van der Waals surface area contributed by atoms with Gasteiger partial charge in [0.05, 0.1) is 6.61 Å². The molecule has 0 aromatic rings. The fourth-order valence-corrected chi connectivity index (χ4v) is 5.94. The summed E-state index contributed by atoms with van der Waals surface area (Å²) >= 11 is 0. The van der Waals surface area contributed by atoms with Crippen molar-refractivity contribution in [3.8, 4) is 0 Å². The van der Waals surface area contributed by atoms with Gasteiger partial charge in [-0.1, -0.05) is 27.7 Å². The Hall–Kier alpha value is -0.923. The molecule has 1 fully saturated rings. The molecule has 6 nitrogen and oxygen atoms in total. The maximum atomic E-state index is 13.9. The molecule has 0 aliphatic carbocycles. The molecule has 1 heterocycles. The minimum absolute atomic E-state index is 0.0255. The normalized spacial score (nSPS) is 27.8. The third-order valence-electron chi connectivity index (χ3n) is 7.13. The third kappa shape index (κ3) is 5.19. The highest BCUT2D eigenvalue weighted by Gasteiger charge is 2.73. The molecule has 1 aliphatic rings. The largest absolute Gasteiger partial charge is 0.517 e. The zero-order valence-electron chi connectivity index (χ0n) is 22.4. The molecule has 0 aromatic carbocycles. The third-order valence-corrected chi connectivity index (χ3v) is 11.7. The van der Waals surface area contributed by atoms with Crippen LogP contribution in [-0.2, 0) is 18.7 Å². The first-order chi connectivity index (χ1) is 13.7. The molecule has 0 N–H and O–H groups in total. The lowest BCUT2D eigenvalue weighted by Gasteiger charge is -2.51. The Labute approximate surface area is 191 Å². The topological polar surface area (TPSA) is 61.8 Å². The molecule has 1 saturated heterocycles. The minimum atomic E-state index is -2.12. The summed E-state index contributed by atoms with van der Waals surface area (Å²) in [4.78, 5) is 27.5. The smallest absolute Gasteiger partial charge is 0.461 e. The van der Waals surface area contributed by atoms with Gasteiger partial charge in [0.2, 0.25) is 5.54 Å². The van der Waals surface area contributed by atoms with Gasteiger partial charge in [-0.3, -0.25) is 0 Å². The zero-order valence-corrected chi connectivity index (χ0v) is 23.4. The van der Waals surface area contributed by atoms with Crippen LogP contribution in [0.3, 0.4) is 0 Å². The summed E-state index contributed by atoms with van der Waals surface area (Å²) in [6.07, 6.45) is 0.318. The molecule has 31 heavy (non-hydrogen) atoms. The standard InChI is InChI=1S/C24H48NO5Si/c1-14-24(19(26)28-15-2)16-18(30-31(12,13)23(9,10)11)17-25(24,21(3,4)5)20(27)29-22(6,7)8/h18H,14-17H2,1-13H3/q+1/t18-,24+,25?/m1/s1. The number of hydrogen-bond acceptors (Lipinski definition) is 5. The second kappa shape index (κ2) is 8.79. The highest BCUT2D eigenvalue weighted by molar-refractivity contribution is 6.74. The molecule has 0 aromatic heterocycles. The van der Waals surface area contributed by atoms with Crippen molar-refractivity contribution in [2.45, 2.75) is 130 Å². The number of carbonyl (C=O) groups excluding carboxylic acids is 2. The van der Waals surface area contributed by atoms with Crippen LogP contribution in [0.25, 0.3) is 0 Å². The van der Waals surface area contributed by atoms with Crippen LogP contribution in [0.5, 0.6) is 0 Å². The van der Waals surface area contributed by atoms with Crippen molar-refractivity contribution in [3.05, 3.63) is 0 Å². The van der Waals surface area contributed by atoms with Crippen molar-refractivity contribution in [3.63, 3.8) is 0 Å². The van der Waals surface area contributed by atoms with Crippen LogP contribution in [0.4, 0.5) is 4.79 Å². The van der Waals surface area contributed by atoms with Gasteiger partial charge >= 0.3 is 12.1 Å². The highest BCUT2D eigenvalue weighted by atomic mass is 28.4. The Morgan fingerprint density at radius 2 is 1.52 bits per heavy atom. The van der Waals surface area contributed by atoms with Gasteiger partial charge in [0.15, 0.2) is 8.32 Å². The van der Waals surface area contributed by atoms with Crippen LogP contribution in [-0.4, -0.2) is 60.8 Å². The van der Waals surface area contributed by atoms with E-state index in [0.29, 0.717) is 19.4 Å². The van der Waals surface area contributed by atoms with E-state index in [1.807, 2.05) is 48.5 Å². The first kappa shape index (κ1) is 28.1. The van der Waals surface area contributed by atoms with Crippen LogP contribution in [0.2, 0.25) is 18.1 Å². The second-order valence-corrected chi connectivity index (χ2v) is 17.2. The van der Waals surface area contributed by atoms with Crippen LogP contribution in [0.15, 0.2) is 0 Å². The van der Waals surface area contributed by atoms with Crippen LogP contribution in [0, 0.1) is 0 Å². The average Bonchev–Trinajstić information content (AvgIpc) is 2.88. The van der Waals surface area contributed by atoms with Crippen LogP contribution in [0.1, 0.15) is 89.0 Å². The van der Waals surface area contributed by atoms with E-state index in [-0.39, 0.29) is 34.3 Å². The lowest BCUT2D eigenvalue weighted by molar-refractivity contribution is -0.932. The number of nitrogens with zero attached hydrogens (tertiary/aromatic N) is 1. The maximum Gasteiger partial charge on any atom is 0.517 e. The molecule has 0 bridgehead atoms. The molecule has 182 valence electrons. The molecule has 0 radical (unpaired) electrons. The highest BCUT2D eigenvalue weighted by Crippen LogP contribution is 2.51. The average molecular weight is 459 g/mol. The molecular formula is C24H48NO5Si+. The van der Waals surface area contributed by atoms with Crippen LogP contribution < -0.4 is 0 Å². The van der Waals surface area contributed by atoms with E-state index < -0.39 is 25.0 Å².